The van der Waals surface area contributed by atoms with Gasteiger partial charge in [0.05, 0.1) is 11.0 Å². The highest BCUT2D eigenvalue weighted by Gasteiger charge is 2.19. The molecule has 0 aliphatic carbocycles. The highest BCUT2D eigenvalue weighted by Crippen LogP contribution is 2.23. The Balaban J connectivity index is 1.99. The van der Waals surface area contributed by atoms with E-state index in [2.05, 4.69) is 72.5 Å². The Morgan fingerprint density at radius 2 is 1.90 bits per heavy atom. The number of pyridine rings is 1. The molecule has 0 saturated carbocycles. The zero-order valence-corrected chi connectivity index (χ0v) is 12.6. The van der Waals surface area contributed by atoms with Crippen LogP contribution in [0, 0.1) is 20.8 Å². The molecule has 0 spiro atoms. The number of hydrogen-bond acceptors (Lipinski definition) is 1. The van der Waals surface area contributed by atoms with Gasteiger partial charge in [-0.3, -0.25) is 4.57 Å². The van der Waals surface area contributed by atoms with Crippen LogP contribution in [0.4, 0.5) is 0 Å². The first-order valence-corrected chi connectivity index (χ1v) is 7.27. The Bertz CT molecular complexity index is 900. The van der Waals surface area contributed by atoms with Gasteiger partial charge in [0.25, 0.3) is 0 Å². The van der Waals surface area contributed by atoms with Crippen LogP contribution in [-0.2, 0) is 6.67 Å². The fourth-order valence-corrected chi connectivity index (χ4v) is 3.11. The molecule has 0 unspecified atom stereocenters. The van der Waals surface area contributed by atoms with Gasteiger partial charge in [-0.15, -0.1) is 0 Å². The van der Waals surface area contributed by atoms with Crippen molar-refractivity contribution >= 4 is 23.2 Å². The minimum atomic E-state index is 0.803. The van der Waals surface area contributed by atoms with Crippen LogP contribution in [0.15, 0.2) is 30.5 Å². The van der Waals surface area contributed by atoms with Crippen LogP contribution < -0.4 is 4.57 Å². The molecule has 3 heteroatoms. The molecule has 3 nitrogen and oxygen atoms in total. The van der Waals surface area contributed by atoms with Crippen molar-refractivity contribution in [1.82, 2.24) is 9.55 Å². The van der Waals surface area contributed by atoms with Crippen molar-refractivity contribution in [3.63, 3.8) is 0 Å². The first kappa shape index (κ1) is 12.3. The lowest BCUT2D eigenvalue weighted by Crippen LogP contribution is -2.39. The smallest absolute Gasteiger partial charge is 0.229 e. The summed E-state index contributed by atoms with van der Waals surface area (Å²) in [6, 6.07) is 8.79. The predicted octanol–water partition coefficient (Wildman–Crippen LogP) is 3.24. The summed E-state index contributed by atoms with van der Waals surface area (Å²) >= 11 is 0. The van der Waals surface area contributed by atoms with Gasteiger partial charge in [-0.2, -0.15) is 4.57 Å². The van der Waals surface area contributed by atoms with E-state index in [0.717, 1.165) is 18.0 Å². The van der Waals surface area contributed by atoms with Gasteiger partial charge in [0.2, 0.25) is 12.4 Å². The standard InChI is InChI=1S/C18H18N3/c1-12-6-7-20-11-21-16-10-13(2)8-14(3)18(16)19-17(21)5-4-15(20)9-12/h4-10H,11H2,1-3H3/q+1. The maximum Gasteiger partial charge on any atom is 0.229 e. The van der Waals surface area contributed by atoms with Crippen molar-refractivity contribution in [2.24, 2.45) is 0 Å². The van der Waals surface area contributed by atoms with E-state index in [9.17, 15) is 0 Å². The van der Waals surface area contributed by atoms with Gasteiger partial charge < -0.3 is 0 Å². The highest BCUT2D eigenvalue weighted by atomic mass is 15.2. The van der Waals surface area contributed by atoms with Crippen molar-refractivity contribution in [2.75, 3.05) is 0 Å². The maximum atomic E-state index is 4.82. The van der Waals surface area contributed by atoms with Crippen molar-refractivity contribution in [3.05, 3.63) is 58.7 Å². The predicted molar refractivity (Wildman–Crippen MR) is 84.9 cm³/mol. The average Bonchev–Trinajstić information content (AvgIpc) is 2.67. The van der Waals surface area contributed by atoms with Crippen LogP contribution in [0.2, 0.25) is 0 Å². The quantitative estimate of drug-likeness (QED) is 0.452. The molecule has 4 rings (SSSR count). The number of fused-ring (bicyclic) bond motifs is 4. The van der Waals surface area contributed by atoms with Gasteiger partial charge in [0, 0.05) is 18.2 Å². The van der Waals surface area contributed by atoms with Gasteiger partial charge in [-0.25, -0.2) is 4.98 Å². The van der Waals surface area contributed by atoms with Crippen LogP contribution in [0.25, 0.3) is 23.2 Å². The van der Waals surface area contributed by atoms with Crippen LogP contribution in [0.3, 0.4) is 0 Å². The minimum absolute atomic E-state index is 0.803. The zero-order chi connectivity index (χ0) is 14.6. The van der Waals surface area contributed by atoms with Gasteiger partial charge in [0.15, 0.2) is 6.20 Å². The number of aromatic nitrogens is 3. The van der Waals surface area contributed by atoms with Gasteiger partial charge in [-0.1, -0.05) is 6.07 Å². The Morgan fingerprint density at radius 3 is 2.76 bits per heavy atom. The first-order chi connectivity index (χ1) is 10.1. The Hall–Kier alpha value is -2.42. The van der Waals surface area contributed by atoms with E-state index in [-0.39, 0.29) is 0 Å². The molecule has 104 valence electrons. The van der Waals surface area contributed by atoms with E-state index in [1.807, 2.05) is 0 Å². The summed E-state index contributed by atoms with van der Waals surface area (Å²) in [4.78, 5) is 4.82. The van der Waals surface area contributed by atoms with Crippen molar-refractivity contribution in [1.29, 1.82) is 0 Å². The summed E-state index contributed by atoms with van der Waals surface area (Å²) in [6.45, 7) is 7.21. The molecule has 1 aliphatic rings. The van der Waals surface area contributed by atoms with Crippen LogP contribution in [0.5, 0.6) is 0 Å². The van der Waals surface area contributed by atoms with Crippen LogP contribution in [0.1, 0.15) is 28.2 Å². The first-order valence-electron chi connectivity index (χ1n) is 7.27. The normalized spacial score (nSPS) is 13.1. The van der Waals surface area contributed by atoms with Crippen molar-refractivity contribution in [3.8, 4) is 0 Å². The Morgan fingerprint density at radius 1 is 1.05 bits per heavy atom. The summed E-state index contributed by atoms with van der Waals surface area (Å²) in [5, 5.41) is 0. The Kier molecular flexibility index (Phi) is 2.52. The molecule has 0 N–H and O–H groups in total. The lowest BCUT2D eigenvalue weighted by molar-refractivity contribution is -0.702. The molecular weight excluding hydrogens is 258 g/mol. The molecular formula is C18H18N3+. The second-order valence-electron chi connectivity index (χ2n) is 5.92. The van der Waals surface area contributed by atoms with E-state index in [1.165, 1.54) is 27.9 Å². The molecule has 1 aromatic carbocycles. The molecule has 0 bridgehead atoms. The fraction of sp³-hybridized carbons (Fsp3) is 0.222. The number of benzene rings is 1. The molecule has 0 fully saturated rings. The van der Waals surface area contributed by atoms with Crippen LogP contribution >= 0.6 is 0 Å². The second-order valence-corrected chi connectivity index (χ2v) is 5.92. The summed E-state index contributed by atoms with van der Waals surface area (Å²) in [7, 11) is 0. The van der Waals surface area contributed by atoms with E-state index >= 15 is 0 Å². The van der Waals surface area contributed by atoms with Gasteiger partial charge in [-0.05, 0) is 49.6 Å². The number of rotatable bonds is 0. The third-order valence-corrected chi connectivity index (χ3v) is 4.14. The molecule has 0 saturated heterocycles. The minimum Gasteiger partial charge on any atom is -0.267 e. The second kappa shape index (κ2) is 4.29. The van der Waals surface area contributed by atoms with Gasteiger partial charge >= 0.3 is 0 Å². The molecule has 21 heavy (non-hydrogen) atoms. The third-order valence-electron chi connectivity index (χ3n) is 4.14. The molecule has 3 heterocycles. The SMILES string of the molecule is Cc1cc[n+]2c(c1)C=Cc1nc3c(C)cc(C)cc3n1C2. The summed E-state index contributed by atoms with van der Waals surface area (Å²) in [5.74, 6) is 1.03. The number of hydrogen-bond donors (Lipinski definition) is 0. The molecule has 2 aromatic heterocycles. The summed E-state index contributed by atoms with van der Waals surface area (Å²) in [6.07, 6.45) is 6.42. The molecule has 0 atom stereocenters. The topological polar surface area (TPSA) is 21.7 Å². The van der Waals surface area contributed by atoms with E-state index in [1.54, 1.807) is 0 Å². The highest BCUT2D eigenvalue weighted by molar-refractivity contribution is 5.83. The number of imidazole rings is 1. The molecule has 3 aromatic rings. The lowest BCUT2D eigenvalue weighted by Gasteiger charge is -2.05. The zero-order valence-electron chi connectivity index (χ0n) is 12.6. The Labute approximate surface area is 124 Å². The lowest BCUT2D eigenvalue weighted by atomic mass is 10.1. The van der Waals surface area contributed by atoms with Crippen molar-refractivity contribution < 1.29 is 4.57 Å². The number of nitrogens with zero attached hydrogens (tertiary/aromatic N) is 3. The maximum absolute atomic E-state index is 4.82. The van der Waals surface area contributed by atoms with Crippen LogP contribution in [-0.4, -0.2) is 9.55 Å². The molecule has 0 radical (unpaired) electrons. The fourth-order valence-electron chi connectivity index (χ4n) is 3.11. The molecule has 1 aliphatic heterocycles. The number of aryl methyl sites for hydroxylation is 3. The van der Waals surface area contributed by atoms with E-state index in [4.69, 9.17) is 4.98 Å². The van der Waals surface area contributed by atoms with E-state index in [0.29, 0.717) is 0 Å². The summed E-state index contributed by atoms with van der Waals surface area (Å²) < 4.78 is 4.55. The monoisotopic (exact) mass is 276 g/mol. The van der Waals surface area contributed by atoms with Gasteiger partial charge in [0.1, 0.15) is 5.82 Å². The van der Waals surface area contributed by atoms with Crippen molar-refractivity contribution in [2.45, 2.75) is 27.4 Å². The largest absolute Gasteiger partial charge is 0.267 e. The third kappa shape index (κ3) is 1.88. The average molecular weight is 276 g/mol. The van der Waals surface area contributed by atoms with E-state index < -0.39 is 0 Å². The molecule has 0 amide bonds. The summed E-state index contributed by atoms with van der Waals surface area (Å²) in [5.41, 5.74) is 7.35.